The summed E-state index contributed by atoms with van der Waals surface area (Å²) in [5, 5.41) is 1.02. The number of hydrogen-bond donors (Lipinski definition) is 1. The minimum atomic E-state index is 0.174. The molecule has 0 amide bonds. The molecule has 0 bridgehead atoms. The second-order valence-corrected chi connectivity index (χ2v) is 6.13. The number of nitrogens with one attached hydrogen (secondary N) is 1. The minimum Gasteiger partial charge on any atom is -0.373 e. The van der Waals surface area contributed by atoms with Crippen LogP contribution in [0.1, 0.15) is 29.8 Å². The topological polar surface area (TPSA) is 45.3 Å². The Labute approximate surface area is 125 Å². The predicted molar refractivity (Wildman–Crippen MR) is 83.8 cm³/mol. The van der Waals surface area contributed by atoms with Gasteiger partial charge in [-0.05, 0) is 32.9 Å². The number of Topliss-reactive ketones (excluding diaryl/α,β-unsaturated/α-hetero) is 1. The SMILES string of the molecule is Cc1ccc2[nH]cc(C(=O)CN3C[C@H](C)O[C@@H](C)C3)c2c1. The molecule has 1 N–H and O–H groups in total. The van der Waals surface area contributed by atoms with Gasteiger partial charge in [-0.15, -0.1) is 0 Å². The molecule has 1 saturated heterocycles. The zero-order chi connectivity index (χ0) is 15.0. The van der Waals surface area contributed by atoms with Crippen molar-refractivity contribution in [2.75, 3.05) is 19.6 Å². The molecule has 0 aliphatic carbocycles. The maximum Gasteiger partial charge on any atom is 0.178 e. The number of morpholine rings is 1. The van der Waals surface area contributed by atoms with Crippen molar-refractivity contribution >= 4 is 16.7 Å². The van der Waals surface area contributed by atoms with Gasteiger partial charge in [-0.25, -0.2) is 0 Å². The van der Waals surface area contributed by atoms with E-state index in [0.29, 0.717) is 6.54 Å². The highest BCUT2D eigenvalue weighted by molar-refractivity contribution is 6.08. The van der Waals surface area contributed by atoms with Crippen LogP contribution in [0.2, 0.25) is 0 Å². The van der Waals surface area contributed by atoms with Crippen LogP contribution in [-0.4, -0.2) is 47.5 Å². The van der Waals surface area contributed by atoms with E-state index in [1.165, 1.54) is 5.56 Å². The van der Waals surface area contributed by atoms with Crippen LogP contribution in [0.15, 0.2) is 24.4 Å². The Kier molecular flexibility index (Phi) is 3.83. The number of rotatable bonds is 3. The van der Waals surface area contributed by atoms with Crippen molar-refractivity contribution in [2.24, 2.45) is 0 Å². The zero-order valence-corrected chi connectivity index (χ0v) is 12.8. The predicted octanol–water partition coefficient (Wildman–Crippen LogP) is 2.77. The average Bonchev–Trinajstić information content (AvgIpc) is 2.80. The molecule has 0 unspecified atom stereocenters. The maximum absolute atomic E-state index is 12.6. The normalized spacial score (nSPS) is 23.6. The molecule has 0 spiro atoms. The molecule has 112 valence electrons. The molecule has 4 heteroatoms. The zero-order valence-electron chi connectivity index (χ0n) is 12.8. The highest BCUT2D eigenvalue weighted by Gasteiger charge is 2.24. The Morgan fingerprint density at radius 3 is 2.76 bits per heavy atom. The van der Waals surface area contributed by atoms with E-state index in [0.717, 1.165) is 29.6 Å². The first-order valence-electron chi connectivity index (χ1n) is 7.51. The van der Waals surface area contributed by atoms with Crippen LogP contribution in [0, 0.1) is 6.92 Å². The van der Waals surface area contributed by atoms with Crippen LogP contribution in [0.25, 0.3) is 10.9 Å². The summed E-state index contributed by atoms with van der Waals surface area (Å²) in [6, 6.07) is 6.16. The molecule has 2 atom stereocenters. The first kappa shape index (κ1) is 14.3. The molecule has 21 heavy (non-hydrogen) atoms. The third kappa shape index (κ3) is 3.01. The van der Waals surface area contributed by atoms with Gasteiger partial charge in [0.25, 0.3) is 0 Å². The van der Waals surface area contributed by atoms with Crippen molar-refractivity contribution in [3.05, 3.63) is 35.5 Å². The maximum atomic E-state index is 12.6. The van der Waals surface area contributed by atoms with Crippen molar-refractivity contribution < 1.29 is 9.53 Å². The number of carbonyl (C=O) groups is 1. The lowest BCUT2D eigenvalue weighted by Crippen LogP contribution is -2.47. The minimum absolute atomic E-state index is 0.174. The second-order valence-electron chi connectivity index (χ2n) is 6.13. The average molecular weight is 286 g/mol. The molecule has 0 saturated carbocycles. The van der Waals surface area contributed by atoms with Gasteiger partial charge >= 0.3 is 0 Å². The lowest BCUT2D eigenvalue weighted by atomic mass is 10.1. The number of ketones is 1. The molecule has 2 heterocycles. The van der Waals surface area contributed by atoms with Gasteiger partial charge < -0.3 is 9.72 Å². The fraction of sp³-hybridized carbons (Fsp3) is 0.471. The van der Waals surface area contributed by atoms with E-state index in [9.17, 15) is 4.79 Å². The summed E-state index contributed by atoms with van der Waals surface area (Å²) in [6.07, 6.45) is 2.21. The molecular formula is C17H22N2O2. The summed E-state index contributed by atoms with van der Waals surface area (Å²) >= 11 is 0. The summed E-state index contributed by atoms with van der Waals surface area (Å²) in [5.41, 5.74) is 2.98. The van der Waals surface area contributed by atoms with Crippen LogP contribution in [-0.2, 0) is 4.74 Å². The van der Waals surface area contributed by atoms with E-state index in [4.69, 9.17) is 4.74 Å². The molecule has 2 aromatic rings. The van der Waals surface area contributed by atoms with Gasteiger partial charge in [-0.2, -0.15) is 0 Å². The molecule has 4 nitrogen and oxygen atoms in total. The molecule has 1 aliphatic heterocycles. The number of nitrogens with zero attached hydrogens (tertiary/aromatic N) is 1. The molecule has 1 fully saturated rings. The summed E-state index contributed by atoms with van der Waals surface area (Å²) in [6.45, 7) is 8.25. The van der Waals surface area contributed by atoms with Crippen molar-refractivity contribution in [1.29, 1.82) is 0 Å². The van der Waals surface area contributed by atoms with E-state index in [1.54, 1.807) is 0 Å². The van der Waals surface area contributed by atoms with E-state index >= 15 is 0 Å². The van der Waals surface area contributed by atoms with Crippen molar-refractivity contribution in [3.8, 4) is 0 Å². The molecule has 1 aromatic heterocycles. The summed E-state index contributed by atoms with van der Waals surface area (Å²) in [4.78, 5) is 18.0. The fourth-order valence-corrected chi connectivity index (χ4v) is 3.17. The molecule has 0 radical (unpaired) electrons. The van der Waals surface area contributed by atoms with E-state index < -0.39 is 0 Å². The number of hydrogen-bond acceptors (Lipinski definition) is 3. The Hall–Kier alpha value is -1.65. The Balaban J connectivity index is 1.79. The van der Waals surface area contributed by atoms with Crippen molar-refractivity contribution in [2.45, 2.75) is 33.0 Å². The number of ether oxygens (including phenoxy) is 1. The lowest BCUT2D eigenvalue weighted by Gasteiger charge is -2.34. The smallest absolute Gasteiger partial charge is 0.178 e. The number of aromatic amines is 1. The van der Waals surface area contributed by atoms with Gasteiger partial charge in [-0.3, -0.25) is 9.69 Å². The third-order valence-corrected chi connectivity index (χ3v) is 4.00. The van der Waals surface area contributed by atoms with Gasteiger partial charge in [0.15, 0.2) is 5.78 Å². The Morgan fingerprint density at radius 2 is 2.05 bits per heavy atom. The summed E-state index contributed by atoms with van der Waals surface area (Å²) < 4.78 is 5.72. The van der Waals surface area contributed by atoms with Crippen LogP contribution < -0.4 is 0 Å². The highest BCUT2D eigenvalue weighted by Crippen LogP contribution is 2.21. The highest BCUT2D eigenvalue weighted by atomic mass is 16.5. The number of benzene rings is 1. The van der Waals surface area contributed by atoms with Crippen LogP contribution >= 0.6 is 0 Å². The Bertz CT molecular complexity index is 652. The number of aryl methyl sites for hydroxylation is 1. The quantitative estimate of drug-likeness (QED) is 0.883. The summed E-state index contributed by atoms with van der Waals surface area (Å²) in [5.74, 6) is 0.174. The monoisotopic (exact) mass is 286 g/mol. The summed E-state index contributed by atoms with van der Waals surface area (Å²) in [7, 11) is 0. The van der Waals surface area contributed by atoms with Crippen LogP contribution in [0.5, 0.6) is 0 Å². The number of aromatic nitrogens is 1. The van der Waals surface area contributed by atoms with Gasteiger partial charge in [0.05, 0.1) is 18.8 Å². The second kappa shape index (κ2) is 5.62. The van der Waals surface area contributed by atoms with E-state index in [-0.39, 0.29) is 18.0 Å². The van der Waals surface area contributed by atoms with Gasteiger partial charge in [0, 0.05) is 35.8 Å². The largest absolute Gasteiger partial charge is 0.373 e. The van der Waals surface area contributed by atoms with Gasteiger partial charge in [0.1, 0.15) is 0 Å². The third-order valence-electron chi connectivity index (χ3n) is 4.00. The molecule has 3 rings (SSSR count). The van der Waals surface area contributed by atoms with Crippen molar-refractivity contribution in [3.63, 3.8) is 0 Å². The number of carbonyl (C=O) groups excluding carboxylic acids is 1. The van der Waals surface area contributed by atoms with E-state index in [2.05, 4.69) is 35.9 Å². The van der Waals surface area contributed by atoms with Crippen LogP contribution in [0.3, 0.4) is 0 Å². The van der Waals surface area contributed by atoms with Gasteiger partial charge in [-0.1, -0.05) is 11.6 Å². The standard InChI is InChI=1S/C17H22N2O2/c1-11-4-5-16-14(6-11)15(7-18-16)17(20)10-19-8-12(2)21-13(3)9-19/h4-7,12-13,18H,8-10H2,1-3H3/t12-,13-/m0/s1. The van der Waals surface area contributed by atoms with E-state index in [1.807, 2.05) is 19.2 Å². The number of H-pyrrole nitrogens is 1. The lowest BCUT2D eigenvalue weighted by molar-refractivity contribution is -0.0652. The molecule has 1 aromatic carbocycles. The Morgan fingerprint density at radius 1 is 1.33 bits per heavy atom. The van der Waals surface area contributed by atoms with Crippen LogP contribution in [0.4, 0.5) is 0 Å². The first-order chi connectivity index (χ1) is 10.0. The van der Waals surface area contributed by atoms with Crippen molar-refractivity contribution in [1.82, 2.24) is 9.88 Å². The van der Waals surface area contributed by atoms with Gasteiger partial charge in [0.2, 0.25) is 0 Å². The fourth-order valence-electron chi connectivity index (χ4n) is 3.17. The molecule has 1 aliphatic rings. The molecular weight excluding hydrogens is 264 g/mol. The number of fused-ring (bicyclic) bond motifs is 1. The first-order valence-corrected chi connectivity index (χ1v) is 7.51.